The lowest BCUT2D eigenvalue weighted by Gasteiger charge is -2.34. The summed E-state index contributed by atoms with van der Waals surface area (Å²) in [6.07, 6.45) is 2.03. The summed E-state index contributed by atoms with van der Waals surface area (Å²) in [5.41, 5.74) is 5.49. The second-order valence-corrected chi connectivity index (χ2v) is 6.72. The van der Waals surface area contributed by atoms with E-state index in [1.165, 1.54) is 4.31 Å². The molecule has 0 aromatic carbocycles. The van der Waals surface area contributed by atoms with Crippen molar-refractivity contribution in [2.24, 2.45) is 11.7 Å². The first-order valence-electron chi connectivity index (χ1n) is 6.46. The lowest BCUT2D eigenvalue weighted by molar-refractivity contribution is 0.173. The Balaban J connectivity index is 2.72. The van der Waals surface area contributed by atoms with Crippen molar-refractivity contribution in [1.29, 1.82) is 0 Å². The molecule has 1 fully saturated rings. The lowest BCUT2D eigenvalue weighted by atomic mass is 10.0. The molecular formula is C11H25N3O3S. The van der Waals surface area contributed by atoms with Crippen LogP contribution in [-0.4, -0.2) is 63.5 Å². The van der Waals surface area contributed by atoms with Crippen LogP contribution in [0.4, 0.5) is 0 Å². The van der Waals surface area contributed by atoms with Crippen LogP contribution in [0.15, 0.2) is 0 Å². The highest BCUT2D eigenvalue weighted by molar-refractivity contribution is 7.86. The van der Waals surface area contributed by atoms with Gasteiger partial charge in [-0.3, -0.25) is 0 Å². The van der Waals surface area contributed by atoms with E-state index in [1.54, 1.807) is 11.4 Å². The molecule has 1 atom stereocenters. The Morgan fingerprint density at radius 2 is 2.17 bits per heavy atom. The summed E-state index contributed by atoms with van der Waals surface area (Å²) in [5.74, 6) is 0.427. The topological polar surface area (TPSA) is 75.9 Å². The highest BCUT2D eigenvalue weighted by Gasteiger charge is 2.31. The molecule has 0 aromatic rings. The highest BCUT2D eigenvalue weighted by atomic mass is 32.2. The fraction of sp³-hybridized carbons (Fsp3) is 1.00. The van der Waals surface area contributed by atoms with Crippen LogP contribution in [0.25, 0.3) is 0 Å². The van der Waals surface area contributed by atoms with Gasteiger partial charge in [0, 0.05) is 39.8 Å². The van der Waals surface area contributed by atoms with Gasteiger partial charge in [-0.25, -0.2) is 0 Å². The molecule has 1 saturated heterocycles. The van der Waals surface area contributed by atoms with Crippen molar-refractivity contribution in [1.82, 2.24) is 8.61 Å². The average Bonchev–Trinajstić information content (AvgIpc) is 2.34. The minimum absolute atomic E-state index is 0.326. The standard InChI is InChI=1S/C11H25N3O3S/c1-11-4-3-6-14(10-11)18(15,16)13(7-5-12)8-9-17-2/h11H,3-10,12H2,1-2H3. The van der Waals surface area contributed by atoms with Crippen molar-refractivity contribution in [3.8, 4) is 0 Å². The zero-order valence-electron chi connectivity index (χ0n) is 11.3. The zero-order valence-corrected chi connectivity index (χ0v) is 12.2. The first-order valence-corrected chi connectivity index (χ1v) is 7.86. The first kappa shape index (κ1) is 15.8. The predicted octanol–water partition coefficient (Wildman–Crippen LogP) is -0.130. The molecule has 0 saturated carbocycles. The molecule has 1 heterocycles. The van der Waals surface area contributed by atoms with E-state index in [2.05, 4.69) is 6.92 Å². The Morgan fingerprint density at radius 3 is 2.72 bits per heavy atom. The maximum Gasteiger partial charge on any atom is 0.282 e. The van der Waals surface area contributed by atoms with Gasteiger partial charge in [0.1, 0.15) is 0 Å². The quantitative estimate of drug-likeness (QED) is 0.704. The number of ether oxygens (including phenoxy) is 1. The highest BCUT2D eigenvalue weighted by Crippen LogP contribution is 2.20. The third-order valence-electron chi connectivity index (χ3n) is 3.20. The minimum Gasteiger partial charge on any atom is -0.383 e. The van der Waals surface area contributed by atoms with Gasteiger partial charge in [0.05, 0.1) is 6.61 Å². The molecule has 18 heavy (non-hydrogen) atoms. The summed E-state index contributed by atoms with van der Waals surface area (Å²) in [4.78, 5) is 0. The number of hydrogen-bond acceptors (Lipinski definition) is 4. The van der Waals surface area contributed by atoms with E-state index < -0.39 is 10.2 Å². The van der Waals surface area contributed by atoms with Gasteiger partial charge in [-0.05, 0) is 18.8 Å². The number of methoxy groups -OCH3 is 1. The van der Waals surface area contributed by atoms with Crippen molar-refractivity contribution < 1.29 is 13.2 Å². The van der Waals surface area contributed by atoms with Crippen LogP contribution >= 0.6 is 0 Å². The van der Waals surface area contributed by atoms with Crippen LogP contribution < -0.4 is 5.73 Å². The fourth-order valence-electron chi connectivity index (χ4n) is 2.20. The van der Waals surface area contributed by atoms with Crippen molar-refractivity contribution in [2.75, 3.05) is 46.4 Å². The van der Waals surface area contributed by atoms with Gasteiger partial charge in [0.15, 0.2) is 0 Å². The predicted molar refractivity (Wildman–Crippen MR) is 71.4 cm³/mol. The van der Waals surface area contributed by atoms with Crippen LogP contribution in [-0.2, 0) is 14.9 Å². The third-order valence-corrected chi connectivity index (χ3v) is 5.20. The van der Waals surface area contributed by atoms with Crippen molar-refractivity contribution in [3.05, 3.63) is 0 Å². The monoisotopic (exact) mass is 279 g/mol. The van der Waals surface area contributed by atoms with Gasteiger partial charge in [-0.15, -0.1) is 0 Å². The normalized spacial score (nSPS) is 22.6. The van der Waals surface area contributed by atoms with Crippen molar-refractivity contribution >= 4 is 10.2 Å². The molecule has 0 amide bonds. The van der Waals surface area contributed by atoms with Gasteiger partial charge in [0.2, 0.25) is 0 Å². The van der Waals surface area contributed by atoms with Crippen LogP contribution in [0.1, 0.15) is 19.8 Å². The van der Waals surface area contributed by atoms with Crippen molar-refractivity contribution in [3.63, 3.8) is 0 Å². The Kier molecular flexibility index (Phi) is 6.51. The van der Waals surface area contributed by atoms with E-state index >= 15 is 0 Å². The van der Waals surface area contributed by atoms with Crippen LogP contribution in [0, 0.1) is 5.92 Å². The molecule has 1 unspecified atom stereocenters. The van der Waals surface area contributed by atoms with Gasteiger partial charge < -0.3 is 10.5 Å². The molecule has 2 N–H and O–H groups in total. The largest absolute Gasteiger partial charge is 0.383 e. The molecule has 1 rings (SSSR count). The molecule has 6 nitrogen and oxygen atoms in total. The lowest BCUT2D eigenvalue weighted by Crippen LogP contribution is -2.49. The molecular weight excluding hydrogens is 254 g/mol. The minimum atomic E-state index is -3.38. The number of hydrogen-bond donors (Lipinski definition) is 1. The van der Waals surface area contributed by atoms with Gasteiger partial charge >= 0.3 is 0 Å². The zero-order chi connectivity index (χ0) is 13.6. The van der Waals surface area contributed by atoms with E-state index in [4.69, 9.17) is 10.5 Å². The Labute approximate surface area is 110 Å². The van der Waals surface area contributed by atoms with Gasteiger partial charge in [-0.1, -0.05) is 6.92 Å². The number of rotatable bonds is 7. The molecule has 1 aliphatic rings. The Bertz CT molecular complexity index is 334. The van der Waals surface area contributed by atoms with E-state index in [-0.39, 0.29) is 0 Å². The summed E-state index contributed by atoms with van der Waals surface area (Å²) in [6, 6.07) is 0. The first-order chi connectivity index (χ1) is 8.52. The molecule has 108 valence electrons. The molecule has 1 aliphatic heterocycles. The molecule has 0 aliphatic carbocycles. The van der Waals surface area contributed by atoms with E-state index in [0.717, 1.165) is 12.8 Å². The number of piperidine rings is 1. The van der Waals surface area contributed by atoms with E-state index in [0.29, 0.717) is 45.2 Å². The smallest absolute Gasteiger partial charge is 0.282 e. The Morgan fingerprint density at radius 1 is 1.44 bits per heavy atom. The molecule has 0 spiro atoms. The third kappa shape index (κ3) is 4.17. The summed E-state index contributed by atoms with van der Waals surface area (Å²) in [6.45, 7) is 4.73. The molecule has 0 bridgehead atoms. The van der Waals surface area contributed by atoms with E-state index in [9.17, 15) is 8.42 Å². The Hall–Kier alpha value is -0.210. The molecule has 0 radical (unpaired) electrons. The number of nitrogens with zero attached hydrogens (tertiary/aromatic N) is 2. The maximum absolute atomic E-state index is 12.5. The van der Waals surface area contributed by atoms with Crippen LogP contribution in [0.5, 0.6) is 0 Å². The van der Waals surface area contributed by atoms with Gasteiger partial charge in [-0.2, -0.15) is 17.0 Å². The van der Waals surface area contributed by atoms with Crippen LogP contribution in [0.2, 0.25) is 0 Å². The van der Waals surface area contributed by atoms with Crippen molar-refractivity contribution in [2.45, 2.75) is 19.8 Å². The second-order valence-electron chi connectivity index (χ2n) is 4.79. The number of nitrogens with two attached hydrogens (primary N) is 1. The summed E-state index contributed by atoms with van der Waals surface area (Å²) < 4.78 is 32.9. The second kappa shape index (κ2) is 7.40. The summed E-state index contributed by atoms with van der Waals surface area (Å²) >= 11 is 0. The maximum atomic E-state index is 12.5. The van der Waals surface area contributed by atoms with Crippen LogP contribution in [0.3, 0.4) is 0 Å². The molecule has 0 aromatic heterocycles. The molecule has 7 heteroatoms. The summed E-state index contributed by atoms with van der Waals surface area (Å²) in [5, 5.41) is 0. The summed E-state index contributed by atoms with van der Waals surface area (Å²) in [7, 11) is -1.82. The van der Waals surface area contributed by atoms with E-state index in [1.807, 2.05) is 0 Å². The SMILES string of the molecule is COCCN(CCN)S(=O)(=O)N1CCCC(C)C1. The average molecular weight is 279 g/mol. The fourth-order valence-corrected chi connectivity index (χ4v) is 3.97. The van der Waals surface area contributed by atoms with Gasteiger partial charge in [0.25, 0.3) is 10.2 Å².